The monoisotopic (exact) mass is 456 g/mol. The molecule has 0 saturated carbocycles. The van der Waals surface area contributed by atoms with Crippen molar-refractivity contribution in [2.75, 3.05) is 24.0 Å². The van der Waals surface area contributed by atoms with E-state index < -0.39 is 34.4 Å². The summed E-state index contributed by atoms with van der Waals surface area (Å²) in [4.78, 5) is 12.6. The quantitative estimate of drug-likeness (QED) is 0.591. The van der Waals surface area contributed by atoms with Crippen molar-refractivity contribution in [1.29, 1.82) is 0 Å². The maximum atomic E-state index is 14.5. The molecule has 1 atom stereocenters. The highest BCUT2D eigenvalue weighted by molar-refractivity contribution is 7.92. The number of benzene rings is 3. The number of nitrogens with one attached hydrogen (secondary N) is 1. The second-order valence-electron chi connectivity index (χ2n) is 7.08. The molecule has 0 bridgehead atoms. The number of carbonyl (C=O) groups is 1. The van der Waals surface area contributed by atoms with E-state index in [1.54, 1.807) is 30.3 Å². The molecule has 32 heavy (non-hydrogen) atoms. The van der Waals surface area contributed by atoms with Gasteiger partial charge in [-0.1, -0.05) is 42.5 Å². The van der Waals surface area contributed by atoms with E-state index in [0.717, 1.165) is 10.4 Å². The molecule has 0 aromatic heterocycles. The molecule has 166 valence electrons. The van der Waals surface area contributed by atoms with Gasteiger partial charge in [-0.25, -0.2) is 12.8 Å². The SMILES string of the molecule is O=C(CN(c1ccccc1F)S(=O)(=O)c1ccccc1)NC[C@@H]1COc2ccccc2O1. The fourth-order valence-electron chi connectivity index (χ4n) is 3.25. The summed E-state index contributed by atoms with van der Waals surface area (Å²) < 4.78 is 53.1. The van der Waals surface area contributed by atoms with E-state index in [0.29, 0.717) is 11.5 Å². The topological polar surface area (TPSA) is 84.9 Å². The molecule has 1 aliphatic rings. The Balaban J connectivity index is 1.49. The molecule has 0 aliphatic carbocycles. The minimum absolute atomic E-state index is 0.0447. The summed E-state index contributed by atoms with van der Waals surface area (Å²) in [5, 5.41) is 2.65. The van der Waals surface area contributed by atoms with E-state index in [1.807, 2.05) is 12.1 Å². The summed E-state index contributed by atoms with van der Waals surface area (Å²) in [6, 6.07) is 20.2. The fourth-order valence-corrected chi connectivity index (χ4v) is 4.70. The van der Waals surface area contributed by atoms with Gasteiger partial charge in [-0.05, 0) is 36.4 Å². The number of hydrogen-bond donors (Lipinski definition) is 1. The molecule has 1 heterocycles. The van der Waals surface area contributed by atoms with Crippen LogP contribution in [0, 0.1) is 5.82 Å². The number of hydrogen-bond acceptors (Lipinski definition) is 5. The van der Waals surface area contributed by atoms with Crippen LogP contribution in [0.1, 0.15) is 0 Å². The molecule has 1 N–H and O–H groups in total. The number of carbonyl (C=O) groups excluding carboxylic acids is 1. The number of halogens is 1. The van der Waals surface area contributed by atoms with Crippen molar-refractivity contribution in [3.63, 3.8) is 0 Å². The van der Waals surface area contributed by atoms with Crippen LogP contribution in [0.3, 0.4) is 0 Å². The Bertz CT molecular complexity index is 1200. The maximum absolute atomic E-state index is 14.5. The van der Waals surface area contributed by atoms with E-state index in [1.165, 1.54) is 30.3 Å². The number of sulfonamides is 1. The molecule has 4 rings (SSSR count). The number of amides is 1. The zero-order chi connectivity index (χ0) is 22.6. The Hall–Kier alpha value is -3.59. The third kappa shape index (κ3) is 4.67. The van der Waals surface area contributed by atoms with Crippen molar-refractivity contribution in [2.45, 2.75) is 11.0 Å². The van der Waals surface area contributed by atoms with Crippen LogP contribution in [-0.4, -0.2) is 40.1 Å². The first kappa shape index (κ1) is 21.6. The van der Waals surface area contributed by atoms with Crippen LogP contribution >= 0.6 is 0 Å². The van der Waals surface area contributed by atoms with E-state index >= 15 is 0 Å². The Labute approximate surface area is 185 Å². The van der Waals surface area contributed by atoms with E-state index in [9.17, 15) is 17.6 Å². The number of anilines is 1. The van der Waals surface area contributed by atoms with Crippen LogP contribution in [0.15, 0.2) is 83.8 Å². The third-order valence-corrected chi connectivity index (χ3v) is 6.61. The second kappa shape index (κ2) is 9.27. The second-order valence-corrected chi connectivity index (χ2v) is 8.94. The van der Waals surface area contributed by atoms with Crippen LogP contribution in [0.5, 0.6) is 11.5 Å². The molecule has 7 nitrogen and oxygen atoms in total. The molecule has 3 aromatic rings. The molecule has 0 fully saturated rings. The van der Waals surface area contributed by atoms with Gasteiger partial charge in [0, 0.05) is 0 Å². The molecule has 0 radical (unpaired) electrons. The minimum atomic E-state index is -4.18. The Kier molecular flexibility index (Phi) is 6.27. The number of ether oxygens (including phenoxy) is 2. The van der Waals surface area contributed by atoms with Gasteiger partial charge in [0.1, 0.15) is 25.1 Å². The minimum Gasteiger partial charge on any atom is -0.486 e. The summed E-state index contributed by atoms with van der Waals surface area (Å²) >= 11 is 0. The predicted octanol–water partition coefficient (Wildman–Crippen LogP) is 2.98. The molecule has 1 aliphatic heterocycles. The molecule has 1 amide bonds. The Morgan fingerprint density at radius 3 is 2.38 bits per heavy atom. The Morgan fingerprint density at radius 2 is 1.62 bits per heavy atom. The third-order valence-electron chi connectivity index (χ3n) is 4.83. The van der Waals surface area contributed by atoms with Gasteiger partial charge in [-0.3, -0.25) is 9.10 Å². The van der Waals surface area contributed by atoms with E-state index in [2.05, 4.69) is 5.32 Å². The molecular weight excluding hydrogens is 435 g/mol. The zero-order valence-electron chi connectivity index (χ0n) is 17.0. The van der Waals surface area contributed by atoms with Crippen LogP contribution in [0.4, 0.5) is 10.1 Å². The molecule has 3 aromatic carbocycles. The van der Waals surface area contributed by atoms with Gasteiger partial charge < -0.3 is 14.8 Å². The molecular formula is C23H21FN2O5S. The first-order valence-corrected chi connectivity index (χ1v) is 11.4. The highest BCUT2D eigenvalue weighted by atomic mass is 32.2. The fraction of sp³-hybridized carbons (Fsp3) is 0.174. The number of fused-ring (bicyclic) bond motifs is 1. The predicted molar refractivity (Wildman–Crippen MR) is 117 cm³/mol. The van der Waals surface area contributed by atoms with Crippen molar-refractivity contribution >= 4 is 21.6 Å². The summed E-state index contributed by atoms with van der Waals surface area (Å²) in [7, 11) is -4.18. The van der Waals surface area contributed by atoms with Gasteiger partial charge in [0.2, 0.25) is 5.91 Å². The number of nitrogens with zero attached hydrogens (tertiary/aromatic N) is 1. The lowest BCUT2D eigenvalue weighted by Gasteiger charge is -2.27. The lowest BCUT2D eigenvalue weighted by atomic mass is 10.2. The average molecular weight is 456 g/mol. The summed E-state index contributed by atoms with van der Waals surface area (Å²) in [6.07, 6.45) is -0.443. The van der Waals surface area contributed by atoms with Crippen molar-refractivity contribution in [1.82, 2.24) is 5.32 Å². The van der Waals surface area contributed by atoms with Gasteiger partial charge in [0.25, 0.3) is 10.0 Å². The van der Waals surface area contributed by atoms with Crippen molar-refractivity contribution in [3.8, 4) is 11.5 Å². The number of para-hydroxylation sites is 3. The van der Waals surface area contributed by atoms with Gasteiger partial charge in [-0.2, -0.15) is 0 Å². The van der Waals surface area contributed by atoms with Crippen LogP contribution < -0.4 is 19.1 Å². The summed E-state index contributed by atoms with van der Waals surface area (Å²) in [5.74, 6) is -0.164. The van der Waals surface area contributed by atoms with Crippen LogP contribution in [-0.2, 0) is 14.8 Å². The van der Waals surface area contributed by atoms with Crippen LogP contribution in [0.25, 0.3) is 0 Å². The maximum Gasteiger partial charge on any atom is 0.264 e. The van der Waals surface area contributed by atoms with E-state index in [-0.39, 0.29) is 23.7 Å². The average Bonchev–Trinajstić information content (AvgIpc) is 2.82. The first-order valence-electron chi connectivity index (χ1n) is 9.92. The Morgan fingerprint density at radius 1 is 0.969 bits per heavy atom. The van der Waals surface area contributed by atoms with Crippen molar-refractivity contribution < 1.29 is 27.1 Å². The molecule has 0 saturated heterocycles. The van der Waals surface area contributed by atoms with Gasteiger partial charge >= 0.3 is 0 Å². The largest absolute Gasteiger partial charge is 0.486 e. The lowest BCUT2D eigenvalue weighted by molar-refractivity contribution is -0.120. The highest BCUT2D eigenvalue weighted by Gasteiger charge is 2.29. The first-order chi connectivity index (χ1) is 15.4. The van der Waals surface area contributed by atoms with Gasteiger partial charge in [0.05, 0.1) is 17.1 Å². The van der Waals surface area contributed by atoms with Crippen molar-refractivity contribution in [2.24, 2.45) is 0 Å². The summed E-state index contributed by atoms with van der Waals surface area (Å²) in [5.41, 5.74) is -0.210. The normalized spacial score (nSPS) is 15.1. The lowest BCUT2D eigenvalue weighted by Crippen LogP contribution is -2.45. The smallest absolute Gasteiger partial charge is 0.264 e. The zero-order valence-corrected chi connectivity index (χ0v) is 17.8. The molecule has 0 unspecified atom stereocenters. The molecule has 0 spiro atoms. The van der Waals surface area contributed by atoms with Crippen molar-refractivity contribution in [3.05, 3.63) is 84.7 Å². The standard InChI is InChI=1S/C23H21FN2O5S/c24-19-10-4-5-11-20(19)26(32(28,29)18-8-2-1-3-9-18)15-23(27)25-14-17-16-30-21-12-6-7-13-22(21)31-17/h1-13,17H,14-16H2,(H,25,27)/t17-/m1/s1. The van der Waals surface area contributed by atoms with Crippen LogP contribution in [0.2, 0.25) is 0 Å². The van der Waals surface area contributed by atoms with Gasteiger partial charge in [-0.15, -0.1) is 0 Å². The summed E-state index contributed by atoms with van der Waals surface area (Å²) in [6.45, 7) is -0.261. The van der Waals surface area contributed by atoms with E-state index in [4.69, 9.17) is 9.47 Å². The highest BCUT2D eigenvalue weighted by Crippen LogP contribution is 2.30. The molecule has 9 heteroatoms. The van der Waals surface area contributed by atoms with Gasteiger partial charge in [0.15, 0.2) is 11.5 Å². The number of rotatable bonds is 7.